The zero-order chi connectivity index (χ0) is 14.0. The molecule has 100 valence electrons. The SMILES string of the molecule is CCCC1(c2ccccc2)C=Cc2ccccc2C1=N. The summed E-state index contributed by atoms with van der Waals surface area (Å²) in [4.78, 5) is 0. The van der Waals surface area contributed by atoms with Gasteiger partial charge in [0.15, 0.2) is 0 Å². The second-order valence-corrected chi connectivity index (χ2v) is 5.38. The van der Waals surface area contributed by atoms with Gasteiger partial charge in [-0.05, 0) is 17.5 Å². The molecule has 0 aliphatic heterocycles. The predicted octanol–water partition coefficient (Wildman–Crippen LogP) is 4.82. The molecule has 20 heavy (non-hydrogen) atoms. The number of benzene rings is 2. The van der Waals surface area contributed by atoms with Crippen LogP contribution in [0.2, 0.25) is 0 Å². The summed E-state index contributed by atoms with van der Waals surface area (Å²) < 4.78 is 0. The third-order valence-electron chi connectivity index (χ3n) is 4.16. The van der Waals surface area contributed by atoms with Gasteiger partial charge in [-0.2, -0.15) is 0 Å². The van der Waals surface area contributed by atoms with E-state index in [1.807, 2.05) is 18.2 Å². The summed E-state index contributed by atoms with van der Waals surface area (Å²) in [6.07, 6.45) is 6.43. The van der Waals surface area contributed by atoms with E-state index in [9.17, 15) is 0 Å². The van der Waals surface area contributed by atoms with Crippen molar-refractivity contribution in [2.45, 2.75) is 25.2 Å². The monoisotopic (exact) mass is 261 g/mol. The van der Waals surface area contributed by atoms with Crippen molar-refractivity contribution in [1.29, 1.82) is 5.41 Å². The van der Waals surface area contributed by atoms with Crippen molar-refractivity contribution in [3.63, 3.8) is 0 Å². The number of fused-ring (bicyclic) bond motifs is 1. The number of nitrogens with one attached hydrogen (secondary N) is 1. The van der Waals surface area contributed by atoms with Gasteiger partial charge in [0.05, 0.1) is 11.1 Å². The molecule has 0 saturated heterocycles. The molecule has 0 fully saturated rings. The third kappa shape index (κ3) is 1.90. The first-order valence-corrected chi connectivity index (χ1v) is 7.21. The second kappa shape index (κ2) is 5.09. The van der Waals surface area contributed by atoms with Crippen molar-refractivity contribution in [3.8, 4) is 0 Å². The lowest BCUT2D eigenvalue weighted by molar-refractivity contribution is 0.621. The largest absolute Gasteiger partial charge is 0.303 e. The molecule has 1 N–H and O–H groups in total. The van der Waals surface area contributed by atoms with Crippen molar-refractivity contribution < 1.29 is 0 Å². The topological polar surface area (TPSA) is 23.9 Å². The number of allylic oxidation sites excluding steroid dienone is 1. The van der Waals surface area contributed by atoms with E-state index >= 15 is 0 Å². The van der Waals surface area contributed by atoms with Gasteiger partial charge in [0.1, 0.15) is 0 Å². The maximum absolute atomic E-state index is 8.77. The summed E-state index contributed by atoms with van der Waals surface area (Å²) in [5.41, 5.74) is 3.89. The van der Waals surface area contributed by atoms with Gasteiger partial charge in [-0.1, -0.05) is 80.1 Å². The molecule has 2 aromatic carbocycles. The smallest absolute Gasteiger partial charge is 0.0556 e. The Morgan fingerprint density at radius 1 is 0.950 bits per heavy atom. The van der Waals surface area contributed by atoms with Crippen molar-refractivity contribution in [1.82, 2.24) is 0 Å². The van der Waals surface area contributed by atoms with Crippen molar-refractivity contribution in [2.24, 2.45) is 0 Å². The first kappa shape index (κ1) is 12.9. The van der Waals surface area contributed by atoms with Gasteiger partial charge in [0.2, 0.25) is 0 Å². The zero-order valence-corrected chi connectivity index (χ0v) is 11.8. The van der Waals surface area contributed by atoms with Crippen LogP contribution >= 0.6 is 0 Å². The molecule has 0 saturated carbocycles. The van der Waals surface area contributed by atoms with Crippen LogP contribution in [0.15, 0.2) is 60.7 Å². The van der Waals surface area contributed by atoms with E-state index in [-0.39, 0.29) is 5.41 Å². The lowest BCUT2D eigenvalue weighted by atomic mass is 9.67. The highest BCUT2D eigenvalue weighted by molar-refractivity contribution is 6.12. The van der Waals surface area contributed by atoms with E-state index in [1.54, 1.807) is 0 Å². The number of hydrogen-bond acceptors (Lipinski definition) is 1. The molecule has 0 spiro atoms. The Kier molecular flexibility index (Phi) is 3.27. The molecule has 1 aliphatic carbocycles. The molecule has 0 amide bonds. The normalized spacial score (nSPS) is 20.8. The van der Waals surface area contributed by atoms with E-state index in [1.165, 1.54) is 5.56 Å². The average Bonchev–Trinajstić information content (AvgIpc) is 2.51. The maximum atomic E-state index is 8.77. The van der Waals surface area contributed by atoms with E-state index in [2.05, 4.69) is 55.5 Å². The molecule has 1 atom stereocenters. The van der Waals surface area contributed by atoms with Gasteiger partial charge in [-0.25, -0.2) is 0 Å². The highest BCUT2D eigenvalue weighted by Crippen LogP contribution is 2.39. The fraction of sp³-hybridized carbons (Fsp3) is 0.211. The quantitative estimate of drug-likeness (QED) is 0.819. The standard InChI is InChI=1S/C19H19N/c1-2-13-19(16-9-4-3-5-10-16)14-12-15-8-6-7-11-17(15)18(19)20/h3-12,14,20H,2,13H2,1H3. The lowest BCUT2D eigenvalue weighted by Crippen LogP contribution is -2.36. The Balaban J connectivity index is 2.17. The highest BCUT2D eigenvalue weighted by atomic mass is 14.5. The Hall–Kier alpha value is -2.15. The molecule has 2 aromatic rings. The molecule has 0 radical (unpaired) electrons. The summed E-state index contributed by atoms with van der Waals surface area (Å²) in [6.45, 7) is 2.19. The highest BCUT2D eigenvalue weighted by Gasteiger charge is 2.36. The molecular formula is C19H19N. The Morgan fingerprint density at radius 2 is 1.65 bits per heavy atom. The minimum atomic E-state index is -0.273. The van der Waals surface area contributed by atoms with Gasteiger partial charge in [0, 0.05) is 5.56 Å². The summed E-state index contributed by atoms with van der Waals surface area (Å²) in [5, 5.41) is 8.77. The first-order valence-electron chi connectivity index (χ1n) is 7.21. The molecule has 3 rings (SSSR count). The Morgan fingerprint density at radius 3 is 2.40 bits per heavy atom. The Bertz CT molecular complexity index is 654. The van der Waals surface area contributed by atoms with Gasteiger partial charge >= 0.3 is 0 Å². The minimum Gasteiger partial charge on any atom is -0.303 e. The van der Waals surface area contributed by atoms with Gasteiger partial charge in [0.25, 0.3) is 0 Å². The van der Waals surface area contributed by atoms with Crippen LogP contribution in [-0.2, 0) is 5.41 Å². The summed E-state index contributed by atoms with van der Waals surface area (Å²) >= 11 is 0. The molecule has 1 nitrogen and oxygen atoms in total. The van der Waals surface area contributed by atoms with Crippen LogP contribution in [0.5, 0.6) is 0 Å². The van der Waals surface area contributed by atoms with E-state index in [0.29, 0.717) is 0 Å². The van der Waals surface area contributed by atoms with E-state index in [0.717, 1.165) is 29.7 Å². The van der Waals surface area contributed by atoms with Crippen LogP contribution in [0, 0.1) is 5.41 Å². The van der Waals surface area contributed by atoms with Crippen LogP contribution in [-0.4, -0.2) is 5.71 Å². The molecule has 0 aromatic heterocycles. The van der Waals surface area contributed by atoms with Gasteiger partial charge < -0.3 is 5.41 Å². The number of hydrogen-bond donors (Lipinski definition) is 1. The fourth-order valence-corrected chi connectivity index (χ4v) is 3.15. The average molecular weight is 261 g/mol. The minimum absolute atomic E-state index is 0.273. The molecule has 1 heteroatoms. The molecule has 1 aliphatic rings. The van der Waals surface area contributed by atoms with Crippen LogP contribution in [0.25, 0.3) is 6.08 Å². The van der Waals surface area contributed by atoms with Gasteiger partial charge in [-0.3, -0.25) is 0 Å². The molecular weight excluding hydrogens is 242 g/mol. The molecule has 1 unspecified atom stereocenters. The van der Waals surface area contributed by atoms with Crippen LogP contribution in [0.4, 0.5) is 0 Å². The molecule has 0 heterocycles. The van der Waals surface area contributed by atoms with Crippen molar-refractivity contribution in [3.05, 3.63) is 77.4 Å². The van der Waals surface area contributed by atoms with E-state index < -0.39 is 0 Å². The summed E-state index contributed by atoms with van der Waals surface area (Å²) in [7, 11) is 0. The fourth-order valence-electron chi connectivity index (χ4n) is 3.15. The maximum Gasteiger partial charge on any atom is 0.0556 e. The predicted molar refractivity (Wildman–Crippen MR) is 85.3 cm³/mol. The second-order valence-electron chi connectivity index (χ2n) is 5.38. The first-order chi connectivity index (χ1) is 9.78. The van der Waals surface area contributed by atoms with Crippen LogP contribution < -0.4 is 0 Å². The number of rotatable bonds is 3. The van der Waals surface area contributed by atoms with Crippen LogP contribution in [0.3, 0.4) is 0 Å². The van der Waals surface area contributed by atoms with Crippen molar-refractivity contribution in [2.75, 3.05) is 0 Å². The molecule has 0 bridgehead atoms. The van der Waals surface area contributed by atoms with Crippen LogP contribution in [0.1, 0.15) is 36.5 Å². The van der Waals surface area contributed by atoms with Crippen molar-refractivity contribution >= 4 is 11.8 Å². The lowest BCUT2D eigenvalue weighted by Gasteiger charge is -2.35. The zero-order valence-electron chi connectivity index (χ0n) is 11.8. The Labute approximate surface area is 120 Å². The summed E-state index contributed by atoms with van der Waals surface area (Å²) in [6, 6.07) is 18.6. The van der Waals surface area contributed by atoms with E-state index in [4.69, 9.17) is 5.41 Å². The van der Waals surface area contributed by atoms with Gasteiger partial charge in [-0.15, -0.1) is 0 Å². The third-order valence-corrected chi connectivity index (χ3v) is 4.16. The summed E-state index contributed by atoms with van der Waals surface area (Å²) in [5.74, 6) is 0.